The van der Waals surface area contributed by atoms with Crippen molar-refractivity contribution in [3.05, 3.63) is 48.0 Å². The Hall–Kier alpha value is -2.89. The summed E-state index contributed by atoms with van der Waals surface area (Å²) in [6.07, 6.45) is 0. The molecule has 6 nitrogen and oxygen atoms in total. The monoisotopic (exact) mass is 299 g/mol. The lowest BCUT2D eigenvalue weighted by atomic mass is 10.2. The molecule has 6 heteroatoms. The Kier molecular flexibility index (Phi) is 4.00. The second kappa shape index (κ2) is 6.26. The maximum Gasteiger partial charge on any atom is 0.231 e. The van der Waals surface area contributed by atoms with Crippen molar-refractivity contribution < 1.29 is 14.2 Å². The van der Waals surface area contributed by atoms with Gasteiger partial charge in [0.25, 0.3) is 0 Å². The minimum Gasteiger partial charge on any atom is -0.497 e. The number of ether oxygens (including phenoxy) is 3. The fraction of sp³-hybridized carbons (Fsp3) is 0.188. The number of hydrogen-bond acceptors (Lipinski definition) is 4. The SMILES string of the molecule is COc1ccc(NC(N)=NCc2ccc3c(c2)OCO3)cc1. The van der Waals surface area contributed by atoms with Crippen molar-refractivity contribution in [3.8, 4) is 17.2 Å². The van der Waals surface area contributed by atoms with Crippen LogP contribution in [0.2, 0.25) is 0 Å². The van der Waals surface area contributed by atoms with Gasteiger partial charge in [-0.15, -0.1) is 0 Å². The second-order valence-electron chi connectivity index (χ2n) is 4.74. The fourth-order valence-corrected chi connectivity index (χ4v) is 2.08. The number of benzene rings is 2. The van der Waals surface area contributed by atoms with Gasteiger partial charge in [0.15, 0.2) is 17.5 Å². The Morgan fingerprint density at radius 3 is 2.73 bits per heavy atom. The first-order chi connectivity index (χ1) is 10.7. The van der Waals surface area contributed by atoms with Crippen molar-refractivity contribution in [2.45, 2.75) is 6.54 Å². The summed E-state index contributed by atoms with van der Waals surface area (Å²) >= 11 is 0. The van der Waals surface area contributed by atoms with E-state index in [0.717, 1.165) is 28.5 Å². The molecule has 0 aliphatic carbocycles. The zero-order valence-corrected chi connectivity index (χ0v) is 12.2. The molecule has 0 bridgehead atoms. The number of fused-ring (bicyclic) bond motifs is 1. The summed E-state index contributed by atoms with van der Waals surface area (Å²) in [5, 5.41) is 3.03. The topological polar surface area (TPSA) is 78.1 Å². The summed E-state index contributed by atoms with van der Waals surface area (Å²) in [5.74, 6) is 2.65. The molecule has 22 heavy (non-hydrogen) atoms. The van der Waals surface area contributed by atoms with Gasteiger partial charge < -0.3 is 25.3 Å². The molecule has 114 valence electrons. The van der Waals surface area contributed by atoms with Crippen LogP contribution >= 0.6 is 0 Å². The van der Waals surface area contributed by atoms with Gasteiger partial charge in [0, 0.05) is 5.69 Å². The van der Waals surface area contributed by atoms with Gasteiger partial charge in [-0.05, 0) is 42.0 Å². The van der Waals surface area contributed by atoms with Crippen molar-refractivity contribution in [3.63, 3.8) is 0 Å². The van der Waals surface area contributed by atoms with Crippen LogP contribution in [-0.4, -0.2) is 19.9 Å². The van der Waals surface area contributed by atoms with E-state index in [1.165, 1.54) is 0 Å². The number of nitrogens with one attached hydrogen (secondary N) is 1. The molecule has 0 saturated heterocycles. The first kappa shape index (κ1) is 14.1. The highest BCUT2D eigenvalue weighted by Crippen LogP contribution is 2.32. The lowest BCUT2D eigenvalue weighted by Gasteiger charge is -2.07. The van der Waals surface area contributed by atoms with Gasteiger partial charge in [-0.1, -0.05) is 6.07 Å². The molecule has 0 unspecified atom stereocenters. The Bertz CT molecular complexity index is 684. The van der Waals surface area contributed by atoms with E-state index in [2.05, 4.69) is 10.3 Å². The molecule has 1 aliphatic rings. The molecular formula is C16H17N3O3. The highest BCUT2D eigenvalue weighted by molar-refractivity contribution is 5.92. The van der Waals surface area contributed by atoms with E-state index >= 15 is 0 Å². The normalized spacial score (nSPS) is 13.0. The van der Waals surface area contributed by atoms with Gasteiger partial charge in [0.05, 0.1) is 13.7 Å². The number of methoxy groups -OCH3 is 1. The molecule has 3 N–H and O–H groups in total. The number of rotatable bonds is 4. The number of nitrogens with two attached hydrogens (primary N) is 1. The van der Waals surface area contributed by atoms with Gasteiger partial charge in [-0.2, -0.15) is 0 Å². The van der Waals surface area contributed by atoms with E-state index in [1.54, 1.807) is 7.11 Å². The Balaban J connectivity index is 1.61. The third kappa shape index (κ3) is 3.22. The molecular weight excluding hydrogens is 282 g/mol. The van der Waals surface area contributed by atoms with Crippen molar-refractivity contribution in [1.29, 1.82) is 0 Å². The molecule has 2 aromatic carbocycles. The van der Waals surface area contributed by atoms with E-state index in [0.29, 0.717) is 12.5 Å². The third-order valence-electron chi connectivity index (χ3n) is 3.23. The van der Waals surface area contributed by atoms with Crippen LogP contribution in [0.25, 0.3) is 0 Å². The van der Waals surface area contributed by atoms with Crippen molar-refractivity contribution >= 4 is 11.6 Å². The number of aliphatic imine (C=N–C) groups is 1. The zero-order valence-electron chi connectivity index (χ0n) is 12.2. The fourth-order valence-electron chi connectivity index (χ4n) is 2.08. The van der Waals surface area contributed by atoms with Gasteiger partial charge in [0.2, 0.25) is 6.79 Å². The first-order valence-corrected chi connectivity index (χ1v) is 6.84. The number of anilines is 1. The Morgan fingerprint density at radius 2 is 1.95 bits per heavy atom. The van der Waals surface area contributed by atoms with Crippen molar-refractivity contribution in [2.75, 3.05) is 19.2 Å². The predicted octanol–water partition coefficient (Wildman–Crippen LogP) is 2.35. The second-order valence-corrected chi connectivity index (χ2v) is 4.74. The van der Waals surface area contributed by atoms with Crippen LogP contribution in [-0.2, 0) is 6.54 Å². The van der Waals surface area contributed by atoms with Crippen LogP contribution in [0.15, 0.2) is 47.5 Å². The minimum absolute atomic E-state index is 0.267. The largest absolute Gasteiger partial charge is 0.497 e. The quantitative estimate of drug-likeness (QED) is 0.669. The van der Waals surface area contributed by atoms with Crippen LogP contribution in [0.3, 0.4) is 0 Å². The van der Waals surface area contributed by atoms with Gasteiger partial charge in [-0.25, -0.2) is 4.99 Å². The van der Waals surface area contributed by atoms with Crippen LogP contribution in [0, 0.1) is 0 Å². The molecule has 0 fully saturated rings. The highest BCUT2D eigenvalue weighted by atomic mass is 16.7. The maximum absolute atomic E-state index is 5.89. The summed E-state index contributed by atoms with van der Waals surface area (Å²) in [4.78, 5) is 4.31. The van der Waals surface area contributed by atoms with E-state index in [9.17, 15) is 0 Å². The maximum atomic E-state index is 5.89. The van der Waals surface area contributed by atoms with Crippen molar-refractivity contribution in [2.24, 2.45) is 10.7 Å². The summed E-state index contributed by atoms with van der Waals surface area (Å²) in [7, 11) is 1.63. The molecule has 0 atom stereocenters. The van der Waals surface area contributed by atoms with Gasteiger partial charge >= 0.3 is 0 Å². The van der Waals surface area contributed by atoms with Crippen LogP contribution in [0.5, 0.6) is 17.2 Å². The summed E-state index contributed by atoms with van der Waals surface area (Å²) < 4.78 is 15.7. The average molecular weight is 299 g/mol. The molecule has 0 saturated carbocycles. The average Bonchev–Trinajstić information content (AvgIpc) is 3.01. The Labute approximate surface area is 128 Å². The number of guanidine groups is 1. The predicted molar refractivity (Wildman–Crippen MR) is 84.5 cm³/mol. The molecule has 2 aromatic rings. The third-order valence-corrected chi connectivity index (χ3v) is 3.23. The molecule has 3 rings (SSSR count). The van der Waals surface area contributed by atoms with E-state index in [-0.39, 0.29) is 6.79 Å². The van der Waals surface area contributed by atoms with Crippen LogP contribution in [0.1, 0.15) is 5.56 Å². The summed E-state index contributed by atoms with van der Waals surface area (Å²) in [6, 6.07) is 13.2. The van der Waals surface area contributed by atoms with E-state index in [4.69, 9.17) is 19.9 Å². The Morgan fingerprint density at radius 1 is 1.18 bits per heavy atom. The lowest BCUT2D eigenvalue weighted by Crippen LogP contribution is -2.22. The minimum atomic E-state index is 0.267. The van der Waals surface area contributed by atoms with Crippen molar-refractivity contribution in [1.82, 2.24) is 0 Å². The summed E-state index contributed by atoms with van der Waals surface area (Å²) in [5.41, 5.74) is 7.75. The molecule has 0 amide bonds. The molecule has 1 heterocycles. The van der Waals surface area contributed by atoms with E-state index in [1.807, 2.05) is 42.5 Å². The molecule has 0 radical (unpaired) electrons. The first-order valence-electron chi connectivity index (χ1n) is 6.84. The van der Waals surface area contributed by atoms with Crippen LogP contribution in [0.4, 0.5) is 5.69 Å². The lowest BCUT2D eigenvalue weighted by molar-refractivity contribution is 0.174. The molecule has 0 aromatic heterocycles. The van der Waals surface area contributed by atoms with Gasteiger partial charge in [-0.3, -0.25) is 0 Å². The highest BCUT2D eigenvalue weighted by Gasteiger charge is 2.12. The number of hydrogen-bond donors (Lipinski definition) is 2. The zero-order chi connectivity index (χ0) is 15.4. The smallest absolute Gasteiger partial charge is 0.231 e. The van der Waals surface area contributed by atoms with E-state index < -0.39 is 0 Å². The standard InChI is InChI=1S/C16H17N3O3/c1-20-13-5-3-12(4-6-13)19-16(17)18-9-11-2-7-14-15(8-11)22-10-21-14/h2-8H,9-10H2,1H3,(H3,17,18,19). The van der Waals surface area contributed by atoms with Gasteiger partial charge in [0.1, 0.15) is 5.75 Å². The molecule has 0 spiro atoms. The number of nitrogens with zero attached hydrogens (tertiary/aromatic N) is 1. The van der Waals surface area contributed by atoms with Crippen LogP contribution < -0.4 is 25.3 Å². The summed E-state index contributed by atoms with van der Waals surface area (Å²) in [6.45, 7) is 0.731. The molecule has 1 aliphatic heterocycles.